The molecule has 1 aliphatic rings. The van der Waals surface area contributed by atoms with Gasteiger partial charge in [-0.25, -0.2) is 9.18 Å². The van der Waals surface area contributed by atoms with E-state index in [0.717, 1.165) is 7.11 Å². The van der Waals surface area contributed by atoms with Crippen LogP contribution in [0.1, 0.15) is 30.3 Å². The fourth-order valence-electron chi connectivity index (χ4n) is 1.73. The Balaban J connectivity index is 2.48. The number of hydrogen-bond acceptors (Lipinski definition) is 5. The molecule has 0 spiro atoms. The van der Waals surface area contributed by atoms with Crippen LogP contribution in [0.15, 0.2) is 12.1 Å². The van der Waals surface area contributed by atoms with Crippen LogP contribution in [-0.4, -0.2) is 25.0 Å². The largest absolute Gasteiger partial charge is 0.467 e. The van der Waals surface area contributed by atoms with Gasteiger partial charge in [0.2, 0.25) is 6.79 Å². The third kappa shape index (κ3) is 2.11. The molecule has 6 heteroatoms. The fourth-order valence-corrected chi connectivity index (χ4v) is 1.73. The smallest absolute Gasteiger partial charge is 0.339 e. The Kier molecular flexibility index (Phi) is 3.38. The minimum Gasteiger partial charge on any atom is -0.467 e. The number of ether oxygens (including phenoxy) is 3. The molecule has 1 N–H and O–H groups in total. The molecule has 1 heterocycles. The fraction of sp³-hybridized carbons (Fsp3) is 0.417. The lowest BCUT2D eigenvalue weighted by Crippen LogP contribution is -2.14. The summed E-state index contributed by atoms with van der Waals surface area (Å²) in [4.78, 5) is 11.3. The highest BCUT2D eigenvalue weighted by Crippen LogP contribution is 2.41. The second-order valence-corrected chi connectivity index (χ2v) is 3.89. The van der Waals surface area contributed by atoms with E-state index in [4.69, 9.17) is 9.47 Å². The van der Waals surface area contributed by atoms with Crippen molar-refractivity contribution in [2.75, 3.05) is 13.9 Å². The standard InChI is InChI=1S/C12H13FO5/c1-6(13)7-3-8(10(14)12(15)16-2)11-9(4-7)17-5-18-11/h3-4,6,10,14H,5H2,1-2H3. The van der Waals surface area contributed by atoms with Crippen molar-refractivity contribution >= 4 is 5.97 Å². The molecule has 0 saturated carbocycles. The lowest BCUT2D eigenvalue weighted by Gasteiger charge is -2.13. The Bertz CT molecular complexity index is 472. The average molecular weight is 256 g/mol. The van der Waals surface area contributed by atoms with E-state index in [1.54, 1.807) is 0 Å². The van der Waals surface area contributed by atoms with Crippen LogP contribution in [-0.2, 0) is 9.53 Å². The van der Waals surface area contributed by atoms with E-state index >= 15 is 0 Å². The summed E-state index contributed by atoms with van der Waals surface area (Å²) in [6.45, 7) is 1.33. The van der Waals surface area contributed by atoms with Gasteiger partial charge in [-0.05, 0) is 24.6 Å². The number of methoxy groups -OCH3 is 1. The van der Waals surface area contributed by atoms with Gasteiger partial charge >= 0.3 is 5.97 Å². The predicted molar refractivity (Wildman–Crippen MR) is 59.1 cm³/mol. The molecule has 0 amide bonds. The number of carbonyl (C=O) groups is 1. The first-order chi connectivity index (χ1) is 8.54. The zero-order chi connectivity index (χ0) is 13.3. The number of fused-ring (bicyclic) bond motifs is 1. The summed E-state index contributed by atoms with van der Waals surface area (Å²) in [7, 11) is 1.16. The van der Waals surface area contributed by atoms with E-state index in [2.05, 4.69) is 4.74 Å². The summed E-state index contributed by atoms with van der Waals surface area (Å²) in [5.41, 5.74) is 0.452. The highest BCUT2D eigenvalue weighted by atomic mass is 19.1. The second kappa shape index (κ2) is 4.81. The summed E-state index contributed by atoms with van der Waals surface area (Å²) >= 11 is 0. The number of hydrogen-bond donors (Lipinski definition) is 1. The molecule has 98 valence electrons. The van der Waals surface area contributed by atoms with Crippen LogP contribution in [0.25, 0.3) is 0 Å². The maximum atomic E-state index is 13.3. The van der Waals surface area contributed by atoms with Crippen molar-refractivity contribution in [2.24, 2.45) is 0 Å². The number of halogens is 1. The van der Waals surface area contributed by atoms with Crippen molar-refractivity contribution in [3.8, 4) is 11.5 Å². The van der Waals surface area contributed by atoms with E-state index in [1.165, 1.54) is 19.1 Å². The zero-order valence-corrected chi connectivity index (χ0v) is 9.97. The molecule has 5 nitrogen and oxygen atoms in total. The predicted octanol–water partition coefficient (Wildman–Crippen LogP) is 1.65. The van der Waals surface area contributed by atoms with E-state index in [9.17, 15) is 14.3 Å². The van der Waals surface area contributed by atoms with E-state index in [-0.39, 0.29) is 18.1 Å². The number of carbonyl (C=O) groups excluding carboxylic acids is 1. The summed E-state index contributed by atoms with van der Waals surface area (Å²) in [5.74, 6) is -0.274. The molecule has 1 aromatic carbocycles. The van der Waals surface area contributed by atoms with Crippen molar-refractivity contribution < 1.29 is 28.5 Å². The quantitative estimate of drug-likeness (QED) is 0.833. The average Bonchev–Trinajstić information content (AvgIpc) is 2.83. The molecule has 0 aliphatic carbocycles. The molecule has 0 bridgehead atoms. The van der Waals surface area contributed by atoms with Gasteiger partial charge in [0.05, 0.1) is 7.11 Å². The van der Waals surface area contributed by atoms with Gasteiger partial charge < -0.3 is 19.3 Å². The van der Waals surface area contributed by atoms with Gasteiger partial charge in [-0.3, -0.25) is 0 Å². The van der Waals surface area contributed by atoms with Gasteiger partial charge in [-0.1, -0.05) is 0 Å². The molecule has 0 radical (unpaired) electrons. The normalized spacial score (nSPS) is 16.2. The molecule has 2 rings (SSSR count). The first kappa shape index (κ1) is 12.6. The van der Waals surface area contributed by atoms with E-state index < -0.39 is 18.2 Å². The van der Waals surface area contributed by atoms with Gasteiger partial charge in [-0.15, -0.1) is 0 Å². The minimum atomic E-state index is -1.52. The SMILES string of the molecule is COC(=O)C(O)c1cc(C(C)F)cc2c1OCO2. The lowest BCUT2D eigenvalue weighted by molar-refractivity contribution is -0.150. The van der Waals surface area contributed by atoms with Crippen molar-refractivity contribution in [3.63, 3.8) is 0 Å². The lowest BCUT2D eigenvalue weighted by atomic mass is 10.0. The molecule has 0 aromatic heterocycles. The van der Waals surface area contributed by atoms with Gasteiger partial charge in [0.15, 0.2) is 17.6 Å². The van der Waals surface area contributed by atoms with Crippen LogP contribution in [0.4, 0.5) is 4.39 Å². The monoisotopic (exact) mass is 256 g/mol. The Morgan fingerprint density at radius 1 is 1.50 bits per heavy atom. The third-order valence-corrected chi connectivity index (χ3v) is 2.70. The molecule has 1 aromatic rings. The highest BCUT2D eigenvalue weighted by molar-refractivity contribution is 5.78. The van der Waals surface area contributed by atoms with Gasteiger partial charge in [-0.2, -0.15) is 0 Å². The Labute approximate surface area is 103 Å². The Hall–Kier alpha value is -1.82. The third-order valence-electron chi connectivity index (χ3n) is 2.70. The number of esters is 1. The molecule has 2 atom stereocenters. The van der Waals surface area contributed by atoms with Crippen molar-refractivity contribution in [2.45, 2.75) is 19.2 Å². The maximum Gasteiger partial charge on any atom is 0.339 e. The van der Waals surface area contributed by atoms with Crippen LogP contribution >= 0.6 is 0 Å². The van der Waals surface area contributed by atoms with Crippen LogP contribution in [0, 0.1) is 0 Å². The first-order valence-electron chi connectivity index (χ1n) is 5.38. The topological polar surface area (TPSA) is 65.0 Å². The molecule has 2 unspecified atom stereocenters. The van der Waals surface area contributed by atoms with Crippen molar-refractivity contribution in [3.05, 3.63) is 23.3 Å². The zero-order valence-electron chi connectivity index (χ0n) is 9.97. The number of aliphatic hydroxyl groups excluding tert-OH is 1. The van der Waals surface area contributed by atoms with Gasteiger partial charge in [0.25, 0.3) is 0 Å². The highest BCUT2D eigenvalue weighted by Gasteiger charge is 2.29. The number of alkyl halides is 1. The summed E-state index contributed by atoms with van der Waals surface area (Å²) < 4.78 is 28.1. The van der Waals surface area contributed by atoms with Crippen LogP contribution in [0.5, 0.6) is 11.5 Å². The maximum absolute atomic E-state index is 13.3. The molecule has 0 saturated heterocycles. The summed E-state index contributed by atoms with van der Waals surface area (Å²) in [6, 6.07) is 2.86. The van der Waals surface area contributed by atoms with E-state index in [0.29, 0.717) is 11.3 Å². The second-order valence-electron chi connectivity index (χ2n) is 3.89. The van der Waals surface area contributed by atoms with Crippen molar-refractivity contribution in [1.82, 2.24) is 0 Å². The van der Waals surface area contributed by atoms with Crippen LogP contribution < -0.4 is 9.47 Å². The summed E-state index contributed by atoms with van der Waals surface area (Å²) in [6.07, 6.45) is -2.77. The van der Waals surface area contributed by atoms with Gasteiger partial charge in [0, 0.05) is 5.56 Å². The summed E-state index contributed by atoms with van der Waals surface area (Å²) in [5, 5.41) is 9.83. The molecular weight excluding hydrogens is 243 g/mol. The molecule has 0 fully saturated rings. The molecule has 18 heavy (non-hydrogen) atoms. The Morgan fingerprint density at radius 2 is 2.22 bits per heavy atom. The number of aliphatic hydroxyl groups is 1. The van der Waals surface area contributed by atoms with Gasteiger partial charge in [0.1, 0.15) is 6.17 Å². The first-order valence-corrected chi connectivity index (χ1v) is 5.38. The van der Waals surface area contributed by atoms with Crippen LogP contribution in [0.3, 0.4) is 0 Å². The van der Waals surface area contributed by atoms with Crippen LogP contribution in [0.2, 0.25) is 0 Å². The number of benzene rings is 1. The van der Waals surface area contributed by atoms with E-state index in [1.807, 2.05) is 0 Å². The number of rotatable bonds is 3. The molecule has 1 aliphatic heterocycles. The molecular formula is C12H13FO5. The van der Waals surface area contributed by atoms with Crippen molar-refractivity contribution in [1.29, 1.82) is 0 Å². The Morgan fingerprint density at radius 3 is 2.83 bits per heavy atom. The minimum absolute atomic E-state index is 0.0274.